The topological polar surface area (TPSA) is 79.5 Å². The Morgan fingerprint density at radius 2 is 1.67 bits per heavy atom. The number of fused-ring (bicyclic) bond motifs is 2. The van der Waals surface area contributed by atoms with Crippen molar-refractivity contribution in [1.82, 2.24) is 4.98 Å². The van der Waals surface area contributed by atoms with Gasteiger partial charge in [-0.25, -0.2) is 4.90 Å². The van der Waals surface area contributed by atoms with Crippen LogP contribution in [-0.4, -0.2) is 29.2 Å². The highest BCUT2D eigenvalue weighted by atomic mass is 32.2. The number of H-pyrrole nitrogens is 1. The molecule has 2 amide bonds. The Balaban J connectivity index is 1.63. The molecule has 1 fully saturated rings. The van der Waals surface area contributed by atoms with Gasteiger partial charge >= 0.3 is 4.87 Å². The number of hydrogen-bond acceptors (Lipinski definition) is 6. The van der Waals surface area contributed by atoms with Crippen molar-refractivity contribution in [3.05, 3.63) is 74.2 Å². The Labute approximate surface area is 180 Å². The summed E-state index contributed by atoms with van der Waals surface area (Å²) < 4.78 is 5.25. The number of thiazole rings is 1. The summed E-state index contributed by atoms with van der Waals surface area (Å²) in [5.41, 5.74) is 2.52. The molecule has 1 N–H and O–H groups in total. The number of rotatable bonds is 3. The fraction of sp³-hybridized carbons (Fsp3) is 0.227. The van der Waals surface area contributed by atoms with E-state index in [0.717, 1.165) is 27.3 Å². The lowest BCUT2D eigenvalue weighted by Gasteiger charge is -2.29. The highest BCUT2D eigenvalue weighted by Crippen LogP contribution is 2.53. The number of carbonyl (C=O) groups is 2. The zero-order valence-electron chi connectivity index (χ0n) is 16.2. The molecule has 152 valence electrons. The minimum Gasteiger partial charge on any atom is -0.497 e. The molecular weight excluding hydrogens is 420 g/mol. The number of carbonyl (C=O) groups excluding carboxylic acids is 2. The van der Waals surface area contributed by atoms with E-state index >= 15 is 0 Å². The van der Waals surface area contributed by atoms with E-state index in [1.165, 1.54) is 16.7 Å². The number of nitrogens with zero attached hydrogens (tertiary/aromatic N) is 1. The molecule has 0 aliphatic carbocycles. The fourth-order valence-corrected chi connectivity index (χ4v) is 6.65. The second-order valence-electron chi connectivity index (χ2n) is 7.37. The summed E-state index contributed by atoms with van der Waals surface area (Å²) in [5.74, 6) is -0.703. The van der Waals surface area contributed by atoms with Crippen LogP contribution in [0.25, 0.3) is 0 Å². The third kappa shape index (κ3) is 2.90. The van der Waals surface area contributed by atoms with E-state index in [-0.39, 0.29) is 22.6 Å². The number of methoxy groups -OCH3 is 1. The Hall–Kier alpha value is -2.84. The number of benzene rings is 2. The van der Waals surface area contributed by atoms with Crippen LogP contribution in [0.3, 0.4) is 0 Å². The van der Waals surface area contributed by atoms with Crippen molar-refractivity contribution in [2.45, 2.75) is 23.1 Å². The largest absolute Gasteiger partial charge is 0.497 e. The maximum Gasteiger partial charge on any atom is 0.305 e. The minimum absolute atomic E-state index is 0.179. The van der Waals surface area contributed by atoms with Crippen LogP contribution >= 0.6 is 23.1 Å². The number of aryl methyl sites for hydroxylation is 1. The summed E-state index contributed by atoms with van der Waals surface area (Å²) in [6, 6.07) is 14.8. The van der Waals surface area contributed by atoms with Crippen LogP contribution in [0.15, 0.2) is 58.4 Å². The van der Waals surface area contributed by atoms with Crippen LogP contribution < -0.4 is 14.5 Å². The Bertz CT molecular complexity index is 1200. The Morgan fingerprint density at radius 3 is 2.33 bits per heavy atom. The van der Waals surface area contributed by atoms with Crippen LogP contribution in [0.5, 0.6) is 5.75 Å². The van der Waals surface area contributed by atoms with Gasteiger partial charge in [0.25, 0.3) is 0 Å². The number of aromatic nitrogens is 1. The molecule has 8 heteroatoms. The average Bonchev–Trinajstić information content (AvgIpc) is 3.24. The summed E-state index contributed by atoms with van der Waals surface area (Å²) in [5, 5.41) is 0.0997. The summed E-state index contributed by atoms with van der Waals surface area (Å²) in [6.07, 6.45) is 0. The van der Waals surface area contributed by atoms with Crippen LogP contribution in [0.2, 0.25) is 0 Å². The molecule has 2 aliphatic heterocycles. The van der Waals surface area contributed by atoms with Gasteiger partial charge in [-0.05, 0) is 36.8 Å². The SMILES string of the molecule is COc1ccc([C@H]2c3sc(=O)[nH]c3SC3C(=O)N(c4ccc(C)cc4)C(=O)C32)cc1. The molecule has 1 saturated heterocycles. The summed E-state index contributed by atoms with van der Waals surface area (Å²) >= 11 is 2.40. The average molecular weight is 439 g/mol. The van der Waals surface area contributed by atoms with E-state index in [4.69, 9.17) is 4.74 Å². The number of thioether (sulfide) groups is 1. The number of hydrogen-bond donors (Lipinski definition) is 1. The smallest absolute Gasteiger partial charge is 0.305 e. The first-order valence-corrected chi connectivity index (χ1v) is 11.2. The molecule has 0 saturated carbocycles. The second-order valence-corrected chi connectivity index (χ2v) is 9.54. The number of imide groups is 1. The van der Waals surface area contributed by atoms with Crippen molar-refractivity contribution in [1.29, 1.82) is 0 Å². The molecule has 0 radical (unpaired) electrons. The highest BCUT2D eigenvalue weighted by Gasteiger charge is 2.56. The maximum absolute atomic E-state index is 13.5. The van der Waals surface area contributed by atoms with Gasteiger partial charge in [0, 0.05) is 10.8 Å². The predicted molar refractivity (Wildman–Crippen MR) is 117 cm³/mol. The molecule has 1 aromatic heterocycles. The lowest BCUT2D eigenvalue weighted by atomic mass is 9.83. The third-order valence-corrected chi connectivity index (χ3v) is 7.99. The van der Waals surface area contributed by atoms with E-state index in [1.54, 1.807) is 19.2 Å². The van der Waals surface area contributed by atoms with Gasteiger partial charge in [0.2, 0.25) is 11.8 Å². The summed E-state index contributed by atoms with van der Waals surface area (Å²) in [7, 11) is 1.59. The van der Waals surface area contributed by atoms with E-state index in [9.17, 15) is 14.4 Å². The lowest BCUT2D eigenvalue weighted by Crippen LogP contribution is -2.32. The molecule has 5 rings (SSSR count). The van der Waals surface area contributed by atoms with Crippen molar-refractivity contribution < 1.29 is 14.3 Å². The standard InChI is InChI=1S/C22H18N2O4S2/c1-11-3-7-13(8-4-11)24-20(25)16-15(12-5-9-14(28-2)10-6-12)17-19(23-22(27)30-17)29-18(16)21(24)26/h3-10,15-16,18H,1-2H3,(H,23,27)/t15-,16?,18?/m1/s1. The Kier molecular flexibility index (Phi) is 4.56. The third-order valence-electron chi connectivity index (χ3n) is 5.59. The summed E-state index contributed by atoms with van der Waals surface area (Å²) in [6.45, 7) is 1.96. The predicted octanol–water partition coefficient (Wildman–Crippen LogP) is 3.55. The van der Waals surface area contributed by atoms with Crippen molar-refractivity contribution >= 4 is 40.6 Å². The van der Waals surface area contributed by atoms with Gasteiger partial charge in [0.05, 0.1) is 23.7 Å². The number of amides is 2. The van der Waals surface area contributed by atoms with Crippen LogP contribution in [0.4, 0.5) is 5.69 Å². The fourth-order valence-electron chi connectivity index (χ4n) is 4.14. The first kappa shape index (κ1) is 19.1. The number of ether oxygens (including phenoxy) is 1. The molecule has 0 spiro atoms. The van der Waals surface area contributed by atoms with Crippen molar-refractivity contribution in [2.75, 3.05) is 12.0 Å². The molecule has 30 heavy (non-hydrogen) atoms. The number of anilines is 1. The number of nitrogens with one attached hydrogen (secondary N) is 1. The van der Waals surface area contributed by atoms with Gasteiger partial charge in [-0.15, -0.1) is 0 Å². The number of aromatic amines is 1. The molecule has 2 aliphatic rings. The quantitative estimate of drug-likeness (QED) is 0.633. The molecule has 2 unspecified atom stereocenters. The van der Waals surface area contributed by atoms with Gasteiger partial charge in [-0.2, -0.15) is 0 Å². The first-order valence-electron chi connectivity index (χ1n) is 9.46. The lowest BCUT2D eigenvalue weighted by molar-refractivity contribution is -0.122. The normalized spacial score (nSPS) is 22.7. The molecule has 3 heterocycles. The zero-order chi connectivity index (χ0) is 21.0. The van der Waals surface area contributed by atoms with E-state index in [2.05, 4.69) is 4.98 Å². The van der Waals surface area contributed by atoms with E-state index < -0.39 is 11.2 Å². The van der Waals surface area contributed by atoms with Gasteiger partial charge in [0.1, 0.15) is 11.0 Å². The van der Waals surface area contributed by atoms with Crippen molar-refractivity contribution in [3.8, 4) is 5.75 Å². The molecule has 3 aromatic rings. The minimum atomic E-state index is -0.580. The van der Waals surface area contributed by atoms with Crippen molar-refractivity contribution in [2.24, 2.45) is 5.92 Å². The monoisotopic (exact) mass is 438 g/mol. The molecule has 6 nitrogen and oxygen atoms in total. The Morgan fingerprint density at radius 1 is 0.967 bits per heavy atom. The van der Waals surface area contributed by atoms with Crippen LogP contribution in [0, 0.1) is 12.8 Å². The van der Waals surface area contributed by atoms with E-state index in [1.807, 2.05) is 43.3 Å². The highest BCUT2D eigenvalue weighted by molar-refractivity contribution is 8.00. The van der Waals surface area contributed by atoms with Gasteiger partial charge < -0.3 is 9.72 Å². The first-order chi connectivity index (χ1) is 14.5. The molecule has 0 bridgehead atoms. The molecular formula is C22H18N2O4S2. The van der Waals surface area contributed by atoms with E-state index in [0.29, 0.717) is 16.5 Å². The van der Waals surface area contributed by atoms with Gasteiger partial charge in [0.15, 0.2) is 0 Å². The van der Waals surface area contributed by atoms with Gasteiger partial charge in [-0.1, -0.05) is 52.9 Å². The summed E-state index contributed by atoms with van der Waals surface area (Å²) in [4.78, 5) is 43.7. The zero-order valence-corrected chi connectivity index (χ0v) is 17.9. The molecule has 3 atom stereocenters. The van der Waals surface area contributed by atoms with Crippen LogP contribution in [-0.2, 0) is 9.59 Å². The maximum atomic E-state index is 13.5. The van der Waals surface area contributed by atoms with Crippen molar-refractivity contribution in [3.63, 3.8) is 0 Å². The second kappa shape index (κ2) is 7.14. The van der Waals surface area contributed by atoms with Crippen LogP contribution in [0.1, 0.15) is 21.9 Å². The molecule has 2 aromatic carbocycles. The van der Waals surface area contributed by atoms with Gasteiger partial charge in [-0.3, -0.25) is 14.4 Å².